The van der Waals surface area contributed by atoms with Crippen LogP contribution in [0.15, 0.2) is 30.3 Å². The predicted octanol–water partition coefficient (Wildman–Crippen LogP) is 3.67. The Balaban J connectivity index is 2.50. The minimum atomic E-state index is -1.35. The molecule has 1 N–H and O–H groups in total. The van der Waals surface area contributed by atoms with Gasteiger partial charge in [-0.3, -0.25) is 0 Å². The minimum absolute atomic E-state index is 0.0802. The van der Waals surface area contributed by atoms with Crippen molar-refractivity contribution in [1.82, 2.24) is 0 Å². The van der Waals surface area contributed by atoms with E-state index >= 15 is 0 Å². The van der Waals surface area contributed by atoms with Gasteiger partial charge < -0.3 is 9.84 Å². The Morgan fingerprint density at radius 3 is 2.15 bits per heavy atom. The van der Waals surface area contributed by atoms with Crippen LogP contribution in [0.1, 0.15) is 28.4 Å². The molecule has 106 valence electrons. The number of hydrogen-bond donors (Lipinski definition) is 1. The number of hydrogen-bond acceptors (Lipinski definition) is 2. The summed E-state index contributed by atoms with van der Waals surface area (Å²) in [4.78, 5) is 0. The summed E-state index contributed by atoms with van der Waals surface area (Å²) < 4.78 is 32.7. The maximum absolute atomic E-state index is 14.0. The van der Waals surface area contributed by atoms with Gasteiger partial charge >= 0.3 is 0 Å². The fourth-order valence-corrected chi connectivity index (χ4v) is 2.23. The van der Waals surface area contributed by atoms with E-state index in [2.05, 4.69) is 0 Å². The smallest absolute Gasteiger partial charge is 0.135 e. The molecule has 0 aliphatic carbocycles. The summed E-state index contributed by atoms with van der Waals surface area (Å²) in [6.07, 6.45) is -1.35. The largest absolute Gasteiger partial charge is 0.497 e. The fourth-order valence-electron chi connectivity index (χ4n) is 2.23. The van der Waals surface area contributed by atoms with E-state index in [1.165, 1.54) is 7.11 Å². The van der Waals surface area contributed by atoms with Crippen molar-refractivity contribution in [2.45, 2.75) is 20.0 Å². The highest BCUT2D eigenvalue weighted by atomic mass is 19.1. The van der Waals surface area contributed by atoms with Crippen LogP contribution in [-0.2, 0) is 0 Å². The first kappa shape index (κ1) is 14.5. The van der Waals surface area contributed by atoms with Gasteiger partial charge in [0, 0.05) is 12.1 Å². The highest BCUT2D eigenvalue weighted by molar-refractivity contribution is 5.40. The summed E-state index contributed by atoms with van der Waals surface area (Å²) in [6.45, 7) is 3.71. The number of methoxy groups -OCH3 is 1. The summed E-state index contributed by atoms with van der Waals surface area (Å²) in [5.74, 6) is -1.57. The third-order valence-corrected chi connectivity index (χ3v) is 3.28. The summed E-state index contributed by atoms with van der Waals surface area (Å²) in [5.41, 5.74) is 1.93. The predicted molar refractivity (Wildman–Crippen MR) is 72.9 cm³/mol. The molecule has 0 aromatic heterocycles. The lowest BCUT2D eigenvalue weighted by molar-refractivity contribution is 0.208. The molecule has 2 rings (SSSR count). The van der Waals surface area contributed by atoms with E-state index in [-0.39, 0.29) is 11.3 Å². The third kappa shape index (κ3) is 2.65. The topological polar surface area (TPSA) is 29.5 Å². The van der Waals surface area contributed by atoms with E-state index in [9.17, 15) is 13.9 Å². The van der Waals surface area contributed by atoms with Crippen LogP contribution in [0.5, 0.6) is 5.75 Å². The number of aryl methyl sites for hydroxylation is 2. The molecule has 0 aliphatic rings. The van der Waals surface area contributed by atoms with Crippen LogP contribution < -0.4 is 4.74 Å². The van der Waals surface area contributed by atoms with Gasteiger partial charge in [-0.25, -0.2) is 8.78 Å². The van der Waals surface area contributed by atoms with Crippen molar-refractivity contribution < 1.29 is 18.6 Å². The zero-order chi connectivity index (χ0) is 14.9. The van der Waals surface area contributed by atoms with E-state index in [0.29, 0.717) is 5.56 Å². The van der Waals surface area contributed by atoms with Gasteiger partial charge in [-0.2, -0.15) is 0 Å². The van der Waals surface area contributed by atoms with Crippen LogP contribution in [-0.4, -0.2) is 12.2 Å². The van der Waals surface area contributed by atoms with Gasteiger partial charge in [-0.1, -0.05) is 23.8 Å². The van der Waals surface area contributed by atoms with E-state index < -0.39 is 17.7 Å². The van der Waals surface area contributed by atoms with Gasteiger partial charge in [0.2, 0.25) is 0 Å². The average molecular weight is 278 g/mol. The summed E-state index contributed by atoms with van der Waals surface area (Å²) >= 11 is 0. The summed E-state index contributed by atoms with van der Waals surface area (Å²) in [6, 6.07) is 7.46. The van der Waals surface area contributed by atoms with Gasteiger partial charge in [-0.05, 0) is 25.0 Å². The van der Waals surface area contributed by atoms with E-state index in [1.54, 1.807) is 19.1 Å². The highest BCUT2D eigenvalue weighted by Crippen LogP contribution is 2.31. The maximum Gasteiger partial charge on any atom is 0.135 e. The van der Waals surface area contributed by atoms with Crippen LogP contribution >= 0.6 is 0 Å². The average Bonchev–Trinajstić information content (AvgIpc) is 2.37. The molecule has 0 spiro atoms. The van der Waals surface area contributed by atoms with Gasteiger partial charge in [0.15, 0.2) is 0 Å². The van der Waals surface area contributed by atoms with Crippen LogP contribution in [0.3, 0.4) is 0 Å². The van der Waals surface area contributed by atoms with E-state index in [1.807, 2.05) is 13.0 Å². The Labute approximate surface area is 116 Å². The Morgan fingerprint density at radius 2 is 1.65 bits per heavy atom. The standard InChI is InChI=1S/C16H16F2O2/c1-9-4-5-12(10(2)6-9)16(19)15-13(17)7-11(20-3)8-14(15)18/h4-8,16,19H,1-3H3. The van der Waals surface area contributed by atoms with Gasteiger partial charge in [0.05, 0.1) is 12.7 Å². The van der Waals surface area contributed by atoms with Crippen molar-refractivity contribution in [2.24, 2.45) is 0 Å². The SMILES string of the molecule is COc1cc(F)c(C(O)c2ccc(C)cc2C)c(F)c1. The van der Waals surface area contributed by atoms with Crippen molar-refractivity contribution in [3.8, 4) is 5.75 Å². The molecule has 20 heavy (non-hydrogen) atoms. The third-order valence-electron chi connectivity index (χ3n) is 3.28. The molecule has 1 atom stereocenters. The minimum Gasteiger partial charge on any atom is -0.497 e. The fraction of sp³-hybridized carbons (Fsp3) is 0.250. The molecule has 0 radical (unpaired) electrons. The Morgan fingerprint density at radius 1 is 1.05 bits per heavy atom. The van der Waals surface area contributed by atoms with Crippen LogP contribution in [0.25, 0.3) is 0 Å². The second kappa shape index (κ2) is 5.59. The van der Waals surface area contributed by atoms with Crippen LogP contribution in [0.2, 0.25) is 0 Å². The molecule has 0 aliphatic heterocycles. The Bertz CT molecular complexity index is 615. The monoisotopic (exact) mass is 278 g/mol. The van der Waals surface area contributed by atoms with Gasteiger partial charge in [0.1, 0.15) is 23.5 Å². The molecular formula is C16H16F2O2. The number of halogens is 2. The number of benzene rings is 2. The van der Waals surface area contributed by atoms with Crippen molar-refractivity contribution in [3.63, 3.8) is 0 Å². The molecule has 0 fully saturated rings. The molecule has 4 heteroatoms. The van der Waals surface area contributed by atoms with E-state index in [0.717, 1.165) is 23.3 Å². The summed E-state index contributed by atoms with van der Waals surface area (Å²) in [7, 11) is 1.33. The Hall–Kier alpha value is -1.94. The zero-order valence-electron chi connectivity index (χ0n) is 11.6. The normalized spacial score (nSPS) is 12.3. The van der Waals surface area contributed by atoms with Crippen LogP contribution in [0.4, 0.5) is 8.78 Å². The van der Waals surface area contributed by atoms with Crippen molar-refractivity contribution >= 4 is 0 Å². The zero-order valence-corrected chi connectivity index (χ0v) is 11.6. The molecule has 0 heterocycles. The molecule has 0 saturated heterocycles. The Kier molecular flexibility index (Phi) is 4.04. The molecule has 2 nitrogen and oxygen atoms in total. The number of aliphatic hydroxyl groups is 1. The number of ether oxygens (including phenoxy) is 1. The first-order valence-electron chi connectivity index (χ1n) is 6.22. The second-order valence-corrected chi connectivity index (χ2v) is 4.77. The lowest BCUT2D eigenvalue weighted by Gasteiger charge is -2.17. The highest BCUT2D eigenvalue weighted by Gasteiger charge is 2.22. The first-order valence-corrected chi connectivity index (χ1v) is 6.22. The van der Waals surface area contributed by atoms with Crippen LogP contribution in [0, 0.1) is 25.5 Å². The molecule has 2 aromatic carbocycles. The van der Waals surface area contributed by atoms with Crippen molar-refractivity contribution in [2.75, 3.05) is 7.11 Å². The maximum atomic E-state index is 14.0. The molecule has 2 aromatic rings. The quantitative estimate of drug-likeness (QED) is 0.928. The molecule has 0 bridgehead atoms. The van der Waals surface area contributed by atoms with Crippen molar-refractivity contribution in [1.29, 1.82) is 0 Å². The van der Waals surface area contributed by atoms with Gasteiger partial charge in [-0.15, -0.1) is 0 Å². The number of rotatable bonds is 3. The first-order chi connectivity index (χ1) is 9.43. The van der Waals surface area contributed by atoms with E-state index in [4.69, 9.17) is 4.74 Å². The lowest BCUT2D eigenvalue weighted by atomic mass is 9.95. The number of aliphatic hydroxyl groups excluding tert-OH is 1. The second-order valence-electron chi connectivity index (χ2n) is 4.77. The lowest BCUT2D eigenvalue weighted by Crippen LogP contribution is -2.08. The molecule has 0 amide bonds. The molecule has 1 unspecified atom stereocenters. The van der Waals surface area contributed by atoms with Gasteiger partial charge in [0.25, 0.3) is 0 Å². The van der Waals surface area contributed by atoms with Crippen molar-refractivity contribution in [3.05, 3.63) is 64.2 Å². The molecule has 0 saturated carbocycles. The summed E-state index contributed by atoms with van der Waals surface area (Å²) in [5, 5.41) is 10.3. The molecular weight excluding hydrogens is 262 g/mol.